The molecular formula is C16H25F2N. The monoisotopic (exact) mass is 269 g/mol. The van der Waals surface area contributed by atoms with Crippen LogP contribution in [-0.4, -0.2) is 13.1 Å². The molecule has 1 aromatic carbocycles. The lowest BCUT2D eigenvalue weighted by molar-refractivity contribution is 0.408. The fraction of sp³-hybridized carbons (Fsp3) is 0.625. The first-order chi connectivity index (χ1) is 9.04. The summed E-state index contributed by atoms with van der Waals surface area (Å²) < 4.78 is 27.3. The maximum Gasteiger partial charge on any atom is 0.129 e. The molecule has 1 nitrogen and oxygen atoms in total. The molecule has 0 aromatic heterocycles. The smallest absolute Gasteiger partial charge is 0.129 e. The number of hydrogen-bond acceptors (Lipinski definition) is 1. The number of rotatable bonds is 8. The molecule has 0 bridgehead atoms. The van der Waals surface area contributed by atoms with Crippen LogP contribution in [0.15, 0.2) is 18.2 Å². The Morgan fingerprint density at radius 1 is 1.11 bits per heavy atom. The van der Waals surface area contributed by atoms with E-state index in [4.69, 9.17) is 0 Å². The van der Waals surface area contributed by atoms with Crippen molar-refractivity contribution in [2.75, 3.05) is 13.1 Å². The Morgan fingerprint density at radius 2 is 1.74 bits per heavy atom. The standard InChI is InChI=1S/C16H25F2N/c1-4-6-13(11-19-10-12(2)3)9-14-15(17)7-5-8-16(14)18/h5,7-8,12-13,19H,4,6,9-11H2,1-3H3. The van der Waals surface area contributed by atoms with E-state index in [1.807, 2.05) is 0 Å². The van der Waals surface area contributed by atoms with Gasteiger partial charge in [0.1, 0.15) is 11.6 Å². The first-order valence-electron chi connectivity index (χ1n) is 7.18. The predicted molar refractivity (Wildman–Crippen MR) is 76.2 cm³/mol. The lowest BCUT2D eigenvalue weighted by Crippen LogP contribution is -2.28. The zero-order valence-electron chi connectivity index (χ0n) is 12.2. The van der Waals surface area contributed by atoms with Crippen molar-refractivity contribution in [2.24, 2.45) is 11.8 Å². The molecule has 1 N–H and O–H groups in total. The van der Waals surface area contributed by atoms with Crippen molar-refractivity contribution >= 4 is 0 Å². The summed E-state index contributed by atoms with van der Waals surface area (Å²) in [5.74, 6) is 0.0255. The molecule has 0 saturated heterocycles. The third kappa shape index (κ3) is 5.68. The number of nitrogens with one attached hydrogen (secondary N) is 1. The molecule has 0 fully saturated rings. The van der Waals surface area contributed by atoms with Crippen molar-refractivity contribution < 1.29 is 8.78 Å². The highest BCUT2D eigenvalue weighted by Crippen LogP contribution is 2.19. The molecule has 0 heterocycles. The zero-order chi connectivity index (χ0) is 14.3. The van der Waals surface area contributed by atoms with E-state index in [1.165, 1.54) is 18.2 Å². The summed E-state index contributed by atoms with van der Waals surface area (Å²) >= 11 is 0. The Morgan fingerprint density at radius 3 is 2.26 bits per heavy atom. The maximum atomic E-state index is 13.6. The predicted octanol–water partition coefficient (Wildman–Crippen LogP) is 4.17. The molecule has 0 aliphatic carbocycles. The summed E-state index contributed by atoms with van der Waals surface area (Å²) in [6.07, 6.45) is 2.49. The van der Waals surface area contributed by atoms with Crippen LogP contribution in [0.5, 0.6) is 0 Å². The van der Waals surface area contributed by atoms with Crippen molar-refractivity contribution in [2.45, 2.75) is 40.0 Å². The van der Waals surface area contributed by atoms with E-state index in [-0.39, 0.29) is 11.5 Å². The summed E-state index contributed by atoms with van der Waals surface area (Å²) in [6, 6.07) is 4.09. The first-order valence-corrected chi connectivity index (χ1v) is 7.18. The maximum absolute atomic E-state index is 13.6. The van der Waals surface area contributed by atoms with Gasteiger partial charge < -0.3 is 5.32 Å². The minimum Gasteiger partial charge on any atom is -0.316 e. The average Bonchev–Trinajstić information content (AvgIpc) is 2.33. The highest BCUT2D eigenvalue weighted by molar-refractivity contribution is 5.20. The molecule has 0 aliphatic rings. The van der Waals surface area contributed by atoms with Gasteiger partial charge in [-0.25, -0.2) is 8.78 Å². The Balaban J connectivity index is 2.62. The molecule has 0 radical (unpaired) electrons. The molecule has 1 rings (SSSR count). The molecule has 1 atom stereocenters. The largest absolute Gasteiger partial charge is 0.316 e. The molecule has 0 amide bonds. The Bertz CT molecular complexity index is 357. The highest BCUT2D eigenvalue weighted by Gasteiger charge is 2.15. The zero-order valence-corrected chi connectivity index (χ0v) is 12.2. The Hall–Kier alpha value is -0.960. The number of halogens is 2. The molecule has 0 aliphatic heterocycles. The van der Waals surface area contributed by atoms with Gasteiger partial charge in [-0.1, -0.05) is 33.3 Å². The summed E-state index contributed by atoms with van der Waals surface area (Å²) in [5, 5.41) is 3.38. The Kier molecular flexibility index (Phi) is 7.00. The van der Waals surface area contributed by atoms with Gasteiger partial charge in [-0.2, -0.15) is 0 Å². The van der Waals surface area contributed by atoms with Crippen LogP contribution in [0.3, 0.4) is 0 Å². The third-order valence-electron chi connectivity index (χ3n) is 3.24. The van der Waals surface area contributed by atoms with Crippen LogP contribution in [0.2, 0.25) is 0 Å². The third-order valence-corrected chi connectivity index (χ3v) is 3.24. The topological polar surface area (TPSA) is 12.0 Å². The van der Waals surface area contributed by atoms with Gasteiger partial charge >= 0.3 is 0 Å². The van der Waals surface area contributed by atoms with E-state index in [0.29, 0.717) is 12.3 Å². The second-order valence-corrected chi connectivity index (χ2v) is 5.61. The second-order valence-electron chi connectivity index (χ2n) is 5.61. The fourth-order valence-corrected chi connectivity index (χ4v) is 2.28. The summed E-state index contributed by atoms with van der Waals surface area (Å²) in [4.78, 5) is 0. The summed E-state index contributed by atoms with van der Waals surface area (Å²) in [7, 11) is 0. The van der Waals surface area contributed by atoms with E-state index < -0.39 is 11.6 Å². The molecular weight excluding hydrogens is 244 g/mol. The second kappa shape index (κ2) is 8.26. The SMILES string of the molecule is CCCC(CNCC(C)C)Cc1c(F)cccc1F. The van der Waals surface area contributed by atoms with Crippen LogP contribution >= 0.6 is 0 Å². The number of hydrogen-bond donors (Lipinski definition) is 1. The molecule has 0 saturated carbocycles. The van der Waals surface area contributed by atoms with Crippen molar-refractivity contribution in [3.05, 3.63) is 35.4 Å². The van der Waals surface area contributed by atoms with Gasteiger partial charge in [0.2, 0.25) is 0 Å². The van der Waals surface area contributed by atoms with Gasteiger partial charge in [-0.15, -0.1) is 0 Å². The quantitative estimate of drug-likeness (QED) is 0.747. The van der Waals surface area contributed by atoms with Crippen LogP contribution in [0.1, 0.15) is 39.2 Å². The van der Waals surface area contributed by atoms with Crippen LogP contribution < -0.4 is 5.32 Å². The average molecular weight is 269 g/mol. The van der Waals surface area contributed by atoms with E-state index in [1.54, 1.807) is 0 Å². The van der Waals surface area contributed by atoms with Crippen LogP contribution in [0.25, 0.3) is 0 Å². The van der Waals surface area contributed by atoms with Crippen molar-refractivity contribution in [1.29, 1.82) is 0 Å². The van der Waals surface area contributed by atoms with E-state index in [9.17, 15) is 8.78 Å². The molecule has 108 valence electrons. The minimum absolute atomic E-state index is 0.229. The van der Waals surface area contributed by atoms with E-state index in [0.717, 1.165) is 25.9 Å². The van der Waals surface area contributed by atoms with Crippen molar-refractivity contribution in [3.63, 3.8) is 0 Å². The molecule has 0 spiro atoms. The number of benzene rings is 1. The van der Waals surface area contributed by atoms with Crippen LogP contribution in [0, 0.1) is 23.5 Å². The van der Waals surface area contributed by atoms with Crippen LogP contribution in [-0.2, 0) is 6.42 Å². The van der Waals surface area contributed by atoms with Crippen molar-refractivity contribution in [1.82, 2.24) is 5.32 Å². The molecule has 3 heteroatoms. The lowest BCUT2D eigenvalue weighted by atomic mass is 9.94. The van der Waals surface area contributed by atoms with Gasteiger partial charge in [-0.05, 0) is 49.9 Å². The fourth-order valence-electron chi connectivity index (χ4n) is 2.28. The van der Waals surface area contributed by atoms with Gasteiger partial charge in [-0.3, -0.25) is 0 Å². The van der Waals surface area contributed by atoms with Crippen LogP contribution in [0.4, 0.5) is 8.78 Å². The Labute approximate surface area is 115 Å². The summed E-state index contributed by atoms with van der Waals surface area (Å²) in [5.41, 5.74) is 0.229. The van der Waals surface area contributed by atoms with Gasteiger partial charge in [0, 0.05) is 5.56 Å². The van der Waals surface area contributed by atoms with Gasteiger partial charge in [0.15, 0.2) is 0 Å². The first kappa shape index (κ1) is 16.1. The van der Waals surface area contributed by atoms with E-state index in [2.05, 4.69) is 26.1 Å². The minimum atomic E-state index is -0.426. The van der Waals surface area contributed by atoms with E-state index >= 15 is 0 Å². The highest BCUT2D eigenvalue weighted by atomic mass is 19.1. The lowest BCUT2D eigenvalue weighted by Gasteiger charge is -2.18. The van der Waals surface area contributed by atoms with Gasteiger partial charge in [0.05, 0.1) is 0 Å². The molecule has 1 unspecified atom stereocenters. The molecule has 1 aromatic rings. The van der Waals surface area contributed by atoms with Crippen molar-refractivity contribution in [3.8, 4) is 0 Å². The molecule has 19 heavy (non-hydrogen) atoms. The normalized spacial score (nSPS) is 12.9. The summed E-state index contributed by atoms with van der Waals surface area (Å²) in [6.45, 7) is 8.17. The van der Waals surface area contributed by atoms with Gasteiger partial charge in [0.25, 0.3) is 0 Å².